The van der Waals surface area contributed by atoms with Crippen molar-refractivity contribution >= 4 is 11.8 Å². The highest BCUT2D eigenvalue weighted by Gasteiger charge is 2.41. The maximum absolute atomic E-state index is 11.3. The van der Waals surface area contributed by atoms with Gasteiger partial charge in [-0.05, 0) is 37.5 Å². The van der Waals surface area contributed by atoms with Gasteiger partial charge in [0.15, 0.2) is 0 Å². The van der Waals surface area contributed by atoms with Crippen molar-refractivity contribution in [2.75, 3.05) is 6.61 Å². The van der Waals surface area contributed by atoms with E-state index in [1.165, 1.54) is 0 Å². The molecule has 2 aliphatic carbocycles. The molecular formula is C12H18O3. The second kappa shape index (κ2) is 4.33. The number of rotatable bonds is 3. The first-order valence-corrected chi connectivity index (χ1v) is 5.86. The molecule has 3 atom stereocenters. The SMILES string of the molecule is CCOC(=O)CC1CC2CC(=O)C[C@H]2C1. The van der Waals surface area contributed by atoms with E-state index in [9.17, 15) is 9.59 Å². The quantitative estimate of drug-likeness (QED) is 0.669. The molecule has 84 valence electrons. The van der Waals surface area contributed by atoms with Crippen molar-refractivity contribution in [1.82, 2.24) is 0 Å². The van der Waals surface area contributed by atoms with Crippen LogP contribution in [0, 0.1) is 17.8 Å². The molecule has 15 heavy (non-hydrogen) atoms. The molecule has 3 heteroatoms. The molecule has 0 radical (unpaired) electrons. The van der Waals surface area contributed by atoms with Gasteiger partial charge in [-0.1, -0.05) is 0 Å². The largest absolute Gasteiger partial charge is 0.466 e. The van der Waals surface area contributed by atoms with Gasteiger partial charge in [0.1, 0.15) is 5.78 Å². The molecule has 2 saturated carbocycles. The van der Waals surface area contributed by atoms with Gasteiger partial charge in [-0.25, -0.2) is 0 Å². The Bertz CT molecular complexity index is 256. The van der Waals surface area contributed by atoms with E-state index in [1.54, 1.807) is 0 Å². The first kappa shape index (κ1) is 10.7. The maximum Gasteiger partial charge on any atom is 0.306 e. The van der Waals surface area contributed by atoms with E-state index < -0.39 is 0 Å². The Hall–Kier alpha value is -0.860. The third kappa shape index (κ3) is 2.39. The molecule has 2 fully saturated rings. The van der Waals surface area contributed by atoms with E-state index in [1.807, 2.05) is 6.92 Å². The van der Waals surface area contributed by atoms with Gasteiger partial charge in [-0.3, -0.25) is 9.59 Å². The zero-order chi connectivity index (χ0) is 10.8. The Morgan fingerprint density at radius 3 is 2.47 bits per heavy atom. The summed E-state index contributed by atoms with van der Waals surface area (Å²) in [5.74, 6) is 1.94. The van der Waals surface area contributed by atoms with Gasteiger partial charge in [0.2, 0.25) is 0 Å². The summed E-state index contributed by atoms with van der Waals surface area (Å²) in [7, 11) is 0. The smallest absolute Gasteiger partial charge is 0.306 e. The Morgan fingerprint density at radius 1 is 1.33 bits per heavy atom. The molecule has 2 rings (SSSR count). The summed E-state index contributed by atoms with van der Waals surface area (Å²) in [6.45, 7) is 2.30. The fourth-order valence-corrected chi connectivity index (χ4v) is 3.13. The zero-order valence-electron chi connectivity index (χ0n) is 9.20. The molecule has 0 aromatic heterocycles. The number of ether oxygens (including phenoxy) is 1. The topological polar surface area (TPSA) is 43.4 Å². The molecule has 0 N–H and O–H groups in total. The molecule has 3 nitrogen and oxygen atoms in total. The average molecular weight is 210 g/mol. The van der Waals surface area contributed by atoms with Crippen LogP contribution in [0.4, 0.5) is 0 Å². The highest BCUT2D eigenvalue weighted by atomic mass is 16.5. The second-order valence-corrected chi connectivity index (χ2v) is 4.81. The van der Waals surface area contributed by atoms with Gasteiger partial charge in [-0.15, -0.1) is 0 Å². The van der Waals surface area contributed by atoms with Crippen molar-refractivity contribution in [3.63, 3.8) is 0 Å². The van der Waals surface area contributed by atoms with E-state index in [0.29, 0.717) is 36.6 Å². The van der Waals surface area contributed by atoms with Crippen LogP contribution in [0.25, 0.3) is 0 Å². The Morgan fingerprint density at radius 2 is 1.93 bits per heavy atom. The number of hydrogen-bond donors (Lipinski definition) is 0. The van der Waals surface area contributed by atoms with Crippen molar-refractivity contribution < 1.29 is 14.3 Å². The lowest BCUT2D eigenvalue weighted by Gasteiger charge is -2.09. The lowest BCUT2D eigenvalue weighted by molar-refractivity contribution is -0.144. The van der Waals surface area contributed by atoms with Crippen LogP contribution >= 0.6 is 0 Å². The molecule has 2 aliphatic rings. The van der Waals surface area contributed by atoms with Crippen molar-refractivity contribution in [3.8, 4) is 0 Å². The molecule has 0 aliphatic heterocycles. The van der Waals surface area contributed by atoms with Crippen LogP contribution < -0.4 is 0 Å². The normalized spacial score (nSPS) is 34.2. The van der Waals surface area contributed by atoms with Gasteiger partial charge >= 0.3 is 5.97 Å². The van der Waals surface area contributed by atoms with Crippen molar-refractivity contribution in [3.05, 3.63) is 0 Å². The summed E-state index contributed by atoms with van der Waals surface area (Å²) in [6, 6.07) is 0. The molecular weight excluding hydrogens is 192 g/mol. The predicted molar refractivity (Wildman–Crippen MR) is 55.2 cm³/mol. The van der Waals surface area contributed by atoms with E-state index in [-0.39, 0.29) is 5.97 Å². The summed E-state index contributed by atoms with van der Waals surface area (Å²) in [5.41, 5.74) is 0. The molecule has 0 amide bonds. The number of Topliss-reactive ketones (excluding diaryl/α,β-unsaturated/α-hetero) is 1. The number of ketones is 1. The van der Waals surface area contributed by atoms with Crippen LogP contribution in [-0.2, 0) is 14.3 Å². The van der Waals surface area contributed by atoms with Crippen LogP contribution in [0.15, 0.2) is 0 Å². The minimum absolute atomic E-state index is 0.0752. The molecule has 0 spiro atoms. The van der Waals surface area contributed by atoms with E-state index in [0.717, 1.165) is 25.7 Å². The Kier molecular flexibility index (Phi) is 3.08. The lowest BCUT2D eigenvalue weighted by Crippen LogP contribution is -2.10. The summed E-state index contributed by atoms with van der Waals surface area (Å²) >= 11 is 0. The van der Waals surface area contributed by atoms with Gasteiger partial charge in [0.25, 0.3) is 0 Å². The molecule has 0 heterocycles. The fourth-order valence-electron chi connectivity index (χ4n) is 3.13. The number of hydrogen-bond acceptors (Lipinski definition) is 3. The van der Waals surface area contributed by atoms with Crippen LogP contribution in [0.1, 0.15) is 39.0 Å². The van der Waals surface area contributed by atoms with Crippen molar-refractivity contribution in [1.29, 1.82) is 0 Å². The number of fused-ring (bicyclic) bond motifs is 1. The zero-order valence-corrected chi connectivity index (χ0v) is 9.20. The highest BCUT2D eigenvalue weighted by Crippen LogP contribution is 2.46. The maximum atomic E-state index is 11.3. The number of esters is 1. The van der Waals surface area contributed by atoms with Gasteiger partial charge in [0.05, 0.1) is 6.61 Å². The van der Waals surface area contributed by atoms with E-state index in [4.69, 9.17) is 4.74 Å². The molecule has 0 saturated heterocycles. The molecule has 0 aromatic rings. The third-order valence-corrected chi connectivity index (χ3v) is 3.68. The van der Waals surface area contributed by atoms with Crippen molar-refractivity contribution in [2.24, 2.45) is 17.8 Å². The number of carbonyl (C=O) groups is 2. The highest BCUT2D eigenvalue weighted by molar-refractivity contribution is 5.81. The monoisotopic (exact) mass is 210 g/mol. The Balaban J connectivity index is 1.79. The summed E-state index contributed by atoms with van der Waals surface area (Å²) in [5, 5.41) is 0. The molecule has 2 unspecified atom stereocenters. The molecule has 0 bridgehead atoms. The van der Waals surface area contributed by atoms with Gasteiger partial charge in [-0.2, -0.15) is 0 Å². The number of carbonyl (C=O) groups excluding carboxylic acids is 2. The van der Waals surface area contributed by atoms with Gasteiger partial charge in [0, 0.05) is 19.3 Å². The summed E-state index contributed by atoms with van der Waals surface area (Å²) in [6.07, 6.45) is 4.16. The van der Waals surface area contributed by atoms with E-state index in [2.05, 4.69) is 0 Å². The van der Waals surface area contributed by atoms with Crippen LogP contribution in [0.3, 0.4) is 0 Å². The van der Waals surface area contributed by atoms with Crippen LogP contribution in [-0.4, -0.2) is 18.4 Å². The van der Waals surface area contributed by atoms with Gasteiger partial charge < -0.3 is 4.74 Å². The lowest BCUT2D eigenvalue weighted by atomic mass is 10.00. The van der Waals surface area contributed by atoms with Crippen LogP contribution in [0.2, 0.25) is 0 Å². The van der Waals surface area contributed by atoms with E-state index >= 15 is 0 Å². The van der Waals surface area contributed by atoms with Crippen molar-refractivity contribution in [2.45, 2.75) is 39.0 Å². The standard InChI is InChI=1S/C12H18O3/c1-2-15-12(14)5-8-3-9-6-11(13)7-10(9)4-8/h8-10H,2-7H2,1H3/t8?,9-,10?/m1/s1. The molecule has 0 aromatic carbocycles. The Labute approximate surface area is 90.2 Å². The minimum Gasteiger partial charge on any atom is -0.466 e. The first-order chi connectivity index (χ1) is 7.19. The first-order valence-electron chi connectivity index (χ1n) is 5.86. The van der Waals surface area contributed by atoms with Crippen LogP contribution in [0.5, 0.6) is 0 Å². The minimum atomic E-state index is -0.0752. The third-order valence-electron chi connectivity index (χ3n) is 3.68. The predicted octanol–water partition coefficient (Wildman–Crippen LogP) is 1.94. The second-order valence-electron chi connectivity index (χ2n) is 4.81. The summed E-state index contributed by atoms with van der Waals surface area (Å²) in [4.78, 5) is 22.5. The summed E-state index contributed by atoms with van der Waals surface area (Å²) < 4.78 is 4.94. The average Bonchev–Trinajstić information content (AvgIpc) is 2.60. The fraction of sp³-hybridized carbons (Fsp3) is 0.833.